The summed E-state index contributed by atoms with van der Waals surface area (Å²) in [6, 6.07) is 129. The summed E-state index contributed by atoms with van der Waals surface area (Å²) in [4.78, 5) is 12.5. The molecule has 1 spiro atoms. The molecule has 18 rings (SSSR count). The molecule has 0 saturated carbocycles. The van der Waals surface area contributed by atoms with Gasteiger partial charge in [0, 0.05) is 68.2 Å². The fourth-order valence-corrected chi connectivity index (χ4v) is 16.1. The predicted molar refractivity (Wildman–Crippen MR) is 400 cm³/mol. The molecule has 2 aliphatic carbocycles. The zero-order chi connectivity index (χ0) is 63.4. The van der Waals surface area contributed by atoms with E-state index >= 15 is 0 Å². The molecule has 4 aliphatic rings. The van der Waals surface area contributed by atoms with Crippen LogP contribution in [0.2, 0.25) is 0 Å². The van der Waals surface area contributed by atoms with Gasteiger partial charge in [0.2, 0.25) is 0 Å². The Morgan fingerprint density at radius 2 is 0.632 bits per heavy atom. The fourth-order valence-electron chi connectivity index (χ4n) is 16.1. The normalized spacial score (nSPS) is 13.2. The third-order valence-electron chi connectivity index (χ3n) is 20.1. The third kappa shape index (κ3) is 8.85. The molecule has 14 aromatic carbocycles. The number of benzene rings is 14. The van der Waals surface area contributed by atoms with Gasteiger partial charge in [-0.2, -0.15) is 0 Å². The highest BCUT2D eigenvalue weighted by Crippen LogP contribution is 2.64. The average molecular weight is 1220 g/mol. The first-order chi connectivity index (χ1) is 46.8. The minimum atomic E-state index is -0.464. The number of hydrogen-bond acceptors (Lipinski definition) is 5. The SMILES string of the molecule is CC(C)(C)c1cc2c3c(c1)N(c1cc(N(c4ccccc4)c4ccccc4)cc(N(c4ccccc4)c4ccccc4)c1)c1cc(N(c4ccccc4)c4ccccc4)ccc1B3c1ccccc1N2c1ccc2c(c1)-c1ccccc1C21c2ccccc2-c2ccccc21. The van der Waals surface area contributed by atoms with Gasteiger partial charge in [0.05, 0.1) is 22.5 Å². The highest BCUT2D eigenvalue weighted by molar-refractivity contribution is 7.00. The Bertz CT molecular complexity index is 5000. The Morgan fingerprint density at radius 1 is 0.263 bits per heavy atom. The van der Waals surface area contributed by atoms with Crippen LogP contribution in [0.3, 0.4) is 0 Å². The van der Waals surface area contributed by atoms with E-state index in [1.807, 2.05) is 0 Å². The molecule has 0 unspecified atom stereocenters. The van der Waals surface area contributed by atoms with E-state index in [2.05, 4.69) is 391 Å². The van der Waals surface area contributed by atoms with Crippen LogP contribution in [-0.2, 0) is 10.8 Å². The highest BCUT2D eigenvalue weighted by Gasteiger charge is 2.52. The number of rotatable bonds is 11. The maximum atomic E-state index is 2.62. The first-order valence-electron chi connectivity index (χ1n) is 33.1. The van der Waals surface area contributed by atoms with Gasteiger partial charge in [0.15, 0.2) is 0 Å². The summed E-state index contributed by atoms with van der Waals surface area (Å²) in [5, 5.41) is 0. The average Bonchev–Trinajstić information content (AvgIpc) is 1.56. The molecule has 2 heterocycles. The molecule has 5 nitrogen and oxygen atoms in total. The van der Waals surface area contributed by atoms with E-state index in [0.29, 0.717) is 0 Å². The first-order valence-corrected chi connectivity index (χ1v) is 33.1. The quantitative estimate of drug-likeness (QED) is 0.120. The summed E-state index contributed by atoms with van der Waals surface area (Å²) in [6.45, 7) is 6.96. The van der Waals surface area contributed by atoms with Crippen LogP contribution in [0, 0.1) is 0 Å². The lowest BCUT2D eigenvalue weighted by atomic mass is 9.33. The van der Waals surface area contributed by atoms with E-state index in [4.69, 9.17) is 0 Å². The van der Waals surface area contributed by atoms with Crippen molar-refractivity contribution in [3.8, 4) is 22.3 Å². The second-order valence-corrected chi connectivity index (χ2v) is 26.4. The molecular weight excluding hydrogens is 1150 g/mol. The van der Waals surface area contributed by atoms with Crippen LogP contribution in [0.15, 0.2) is 346 Å². The van der Waals surface area contributed by atoms with E-state index in [-0.39, 0.29) is 12.1 Å². The highest BCUT2D eigenvalue weighted by atomic mass is 15.2. The smallest absolute Gasteiger partial charge is 0.252 e. The summed E-state index contributed by atoms with van der Waals surface area (Å²) in [6.07, 6.45) is 0. The molecule has 0 saturated heterocycles. The second kappa shape index (κ2) is 22.2. The first kappa shape index (κ1) is 55.9. The molecule has 0 fully saturated rings. The fraction of sp³-hybridized carbons (Fsp3) is 0.0562. The maximum Gasteiger partial charge on any atom is 0.252 e. The summed E-state index contributed by atoms with van der Waals surface area (Å²) in [7, 11) is 0. The maximum absolute atomic E-state index is 2.62. The molecule has 450 valence electrons. The topological polar surface area (TPSA) is 16.2 Å². The number of para-hydroxylation sites is 7. The van der Waals surface area contributed by atoms with Crippen molar-refractivity contribution < 1.29 is 0 Å². The number of nitrogens with zero attached hydrogens (tertiary/aromatic N) is 5. The Morgan fingerprint density at radius 3 is 1.08 bits per heavy atom. The van der Waals surface area contributed by atoms with E-state index in [9.17, 15) is 0 Å². The number of hydrogen-bond donors (Lipinski definition) is 0. The molecule has 0 N–H and O–H groups in total. The molecule has 2 aliphatic heterocycles. The van der Waals surface area contributed by atoms with Crippen molar-refractivity contribution in [2.45, 2.75) is 31.6 Å². The van der Waals surface area contributed by atoms with Crippen molar-refractivity contribution in [1.29, 1.82) is 0 Å². The van der Waals surface area contributed by atoms with Gasteiger partial charge in [-0.25, -0.2) is 0 Å². The Balaban J connectivity index is 0.933. The van der Waals surface area contributed by atoms with Crippen molar-refractivity contribution in [3.05, 3.63) is 374 Å². The van der Waals surface area contributed by atoms with Crippen LogP contribution in [0.5, 0.6) is 0 Å². The van der Waals surface area contributed by atoms with Gasteiger partial charge in [-0.1, -0.05) is 233 Å². The Kier molecular flexibility index (Phi) is 13.1. The molecule has 0 amide bonds. The monoisotopic (exact) mass is 1220 g/mol. The predicted octanol–water partition coefficient (Wildman–Crippen LogP) is 21.8. The second-order valence-electron chi connectivity index (χ2n) is 26.4. The van der Waals surface area contributed by atoms with Crippen LogP contribution < -0.4 is 40.9 Å². The summed E-state index contributed by atoms with van der Waals surface area (Å²) in [5.74, 6) is 0. The lowest BCUT2D eigenvalue weighted by Gasteiger charge is -2.45. The molecule has 95 heavy (non-hydrogen) atoms. The van der Waals surface area contributed by atoms with Gasteiger partial charge in [-0.05, 0) is 205 Å². The van der Waals surface area contributed by atoms with Crippen molar-refractivity contribution >= 4 is 108 Å². The van der Waals surface area contributed by atoms with Crippen LogP contribution in [-0.4, -0.2) is 6.71 Å². The molecule has 14 aromatic rings. The third-order valence-corrected chi connectivity index (χ3v) is 20.1. The van der Waals surface area contributed by atoms with Gasteiger partial charge < -0.3 is 24.5 Å². The lowest BCUT2D eigenvalue weighted by Crippen LogP contribution is -2.61. The van der Waals surface area contributed by atoms with Crippen molar-refractivity contribution in [3.63, 3.8) is 0 Å². The van der Waals surface area contributed by atoms with Crippen molar-refractivity contribution in [1.82, 2.24) is 0 Å². The molecule has 0 aromatic heterocycles. The van der Waals surface area contributed by atoms with Gasteiger partial charge in [-0.15, -0.1) is 0 Å². The minimum absolute atomic E-state index is 0.147. The molecular formula is C89H66BN5. The zero-order valence-electron chi connectivity index (χ0n) is 53.2. The lowest BCUT2D eigenvalue weighted by molar-refractivity contribution is 0.590. The summed E-state index contributed by atoms with van der Waals surface area (Å²) < 4.78 is 0. The standard InChI is InChI=1S/C89H66BN5/c1-88(2,3)61-54-85-87-86(55-61)95(72-57-70(92(64-34-14-6-15-35-64)65-36-16-7-17-37-65)56-71(58-72)93(66-38-18-8-19-39-66)67-40-20-9-21-41-67)84-60-69(91(62-30-10-4-11-31-62)63-32-12-5-13-33-63)51-53-82(84)90(87)81-48-28-29-49-83(81)94(85)68-50-52-80-76(59-68)75-44-24-27-47-79(75)89(80)77-45-25-22-42-73(77)74-43-23-26-46-78(74)89/h4-60H,1-3H3. The van der Waals surface area contributed by atoms with Crippen LogP contribution in [0.25, 0.3) is 22.3 Å². The van der Waals surface area contributed by atoms with E-state index in [0.717, 1.165) is 73.9 Å². The Labute approximate surface area is 557 Å². The van der Waals surface area contributed by atoms with Crippen molar-refractivity contribution in [2.75, 3.05) is 24.5 Å². The molecule has 0 bridgehead atoms. The van der Waals surface area contributed by atoms with E-state index in [1.54, 1.807) is 0 Å². The number of fused-ring (bicyclic) bond motifs is 14. The minimum Gasteiger partial charge on any atom is -0.311 e. The van der Waals surface area contributed by atoms with Gasteiger partial charge in [0.25, 0.3) is 6.71 Å². The summed E-state index contributed by atoms with van der Waals surface area (Å²) in [5.41, 5.74) is 30.9. The Hall–Kier alpha value is -11.9. The van der Waals surface area contributed by atoms with E-state index < -0.39 is 5.41 Å². The number of anilines is 15. The van der Waals surface area contributed by atoms with Crippen LogP contribution in [0.4, 0.5) is 85.3 Å². The van der Waals surface area contributed by atoms with Gasteiger partial charge in [-0.3, -0.25) is 0 Å². The van der Waals surface area contributed by atoms with Crippen LogP contribution >= 0.6 is 0 Å². The molecule has 6 heteroatoms. The van der Waals surface area contributed by atoms with Crippen LogP contribution in [0.1, 0.15) is 48.6 Å². The van der Waals surface area contributed by atoms with Gasteiger partial charge >= 0.3 is 0 Å². The molecule has 0 radical (unpaired) electrons. The van der Waals surface area contributed by atoms with Crippen molar-refractivity contribution in [2.24, 2.45) is 0 Å². The largest absolute Gasteiger partial charge is 0.311 e. The zero-order valence-corrected chi connectivity index (χ0v) is 53.2. The van der Waals surface area contributed by atoms with Gasteiger partial charge in [0.1, 0.15) is 0 Å². The van der Waals surface area contributed by atoms with E-state index in [1.165, 1.54) is 77.8 Å². The molecule has 0 atom stereocenters. The summed E-state index contributed by atoms with van der Waals surface area (Å²) >= 11 is 0.